The average molecular weight is 436 g/mol. The Hall–Kier alpha value is -2.83. The van der Waals surface area contributed by atoms with Gasteiger partial charge in [-0.2, -0.15) is 0 Å². The van der Waals surface area contributed by atoms with Crippen molar-refractivity contribution in [2.45, 2.75) is 19.4 Å². The van der Waals surface area contributed by atoms with Gasteiger partial charge in [-0.15, -0.1) is 0 Å². The van der Waals surface area contributed by atoms with E-state index in [0.717, 1.165) is 60.1 Å². The number of piperazine rings is 1. The fraction of sp³-hybridized carbons (Fsp3) is 0.333. The van der Waals surface area contributed by atoms with Crippen LogP contribution in [0.2, 0.25) is 5.02 Å². The maximum Gasteiger partial charge on any atom is 0.223 e. The summed E-state index contributed by atoms with van der Waals surface area (Å²) in [6, 6.07) is 14.0. The predicted molar refractivity (Wildman–Crippen MR) is 124 cm³/mol. The number of hydrogen-bond donors (Lipinski definition) is 1. The van der Waals surface area contributed by atoms with Gasteiger partial charge < -0.3 is 14.5 Å². The summed E-state index contributed by atoms with van der Waals surface area (Å²) in [5.41, 5.74) is 4.45. The van der Waals surface area contributed by atoms with Crippen LogP contribution in [0.15, 0.2) is 48.7 Å². The van der Waals surface area contributed by atoms with Gasteiger partial charge in [0.2, 0.25) is 5.91 Å². The van der Waals surface area contributed by atoms with Crippen molar-refractivity contribution in [1.29, 1.82) is 0 Å². The second kappa shape index (κ2) is 8.36. The fourth-order valence-corrected chi connectivity index (χ4v) is 4.65. The largest absolute Gasteiger partial charge is 0.361 e. The van der Waals surface area contributed by atoms with Crippen LogP contribution in [-0.4, -0.2) is 56.4 Å². The lowest BCUT2D eigenvalue weighted by atomic mass is 10.1. The summed E-state index contributed by atoms with van der Waals surface area (Å²) in [5.74, 6) is 1.18. The number of aryl methyl sites for hydroxylation is 2. The summed E-state index contributed by atoms with van der Waals surface area (Å²) in [7, 11) is 2.02. The zero-order valence-corrected chi connectivity index (χ0v) is 18.4. The second-order valence-corrected chi connectivity index (χ2v) is 8.67. The fourth-order valence-electron chi connectivity index (χ4n) is 4.47. The molecule has 0 unspecified atom stereocenters. The van der Waals surface area contributed by atoms with Crippen molar-refractivity contribution >= 4 is 39.4 Å². The number of H-pyrrole nitrogens is 1. The molecule has 5 rings (SSSR count). The normalized spacial score (nSPS) is 15.2. The van der Waals surface area contributed by atoms with Crippen LogP contribution in [0, 0.1) is 0 Å². The molecule has 1 aliphatic rings. The summed E-state index contributed by atoms with van der Waals surface area (Å²) in [6.07, 6.45) is 3.23. The molecule has 0 bridgehead atoms. The molecule has 1 amide bonds. The van der Waals surface area contributed by atoms with Crippen LogP contribution in [0.3, 0.4) is 0 Å². The van der Waals surface area contributed by atoms with Crippen LogP contribution in [0.25, 0.3) is 21.9 Å². The van der Waals surface area contributed by atoms with Crippen molar-refractivity contribution in [2.75, 3.05) is 26.2 Å². The Morgan fingerprint density at radius 1 is 1.13 bits per heavy atom. The zero-order valence-electron chi connectivity index (χ0n) is 17.6. The highest BCUT2D eigenvalue weighted by molar-refractivity contribution is 6.31. The van der Waals surface area contributed by atoms with Crippen molar-refractivity contribution in [3.8, 4) is 0 Å². The lowest BCUT2D eigenvalue weighted by Gasteiger charge is -2.34. The van der Waals surface area contributed by atoms with Crippen molar-refractivity contribution in [1.82, 2.24) is 24.3 Å². The molecule has 1 saturated heterocycles. The van der Waals surface area contributed by atoms with Crippen LogP contribution in [0.1, 0.15) is 17.8 Å². The summed E-state index contributed by atoms with van der Waals surface area (Å²) >= 11 is 6.17. The highest BCUT2D eigenvalue weighted by Crippen LogP contribution is 2.24. The van der Waals surface area contributed by atoms with Gasteiger partial charge in [0.1, 0.15) is 5.82 Å². The smallest absolute Gasteiger partial charge is 0.223 e. The van der Waals surface area contributed by atoms with E-state index in [1.165, 1.54) is 10.9 Å². The van der Waals surface area contributed by atoms with Gasteiger partial charge in [0.15, 0.2) is 0 Å². The van der Waals surface area contributed by atoms with Gasteiger partial charge >= 0.3 is 0 Å². The number of benzene rings is 2. The highest BCUT2D eigenvalue weighted by Gasteiger charge is 2.22. The highest BCUT2D eigenvalue weighted by atomic mass is 35.5. The van der Waals surface area contributed by atoms with Gasteiger partial charge in [0.05, 0.1) is 11.0 Å². The minimum absolute atomic E-state index is 0.214. The third-order valence-corrected chi connectivity index (χ3v) is 6.53. The van der Waals surface area contributed by atoms with E-state index in [-0.39, 0.29) is 5.91 Å². The van der Waals surface area contributed by atoms with E-state index >= 15 is 0 Å². The molecule has 7 heteroatoms. The van der Waals surface area contributed by atoms with E-state index in [1.807, 2.05) is 48.3 Å². The molecule has 4 aromatic rings. The van der Waals surface area contributed by atoms with Crippen molar-refractivity contribution < 1.29 is 4.79 Å². The summed E-state index contributed by atoms with van der Waals surface area (Å²) < 4.78 is 2.09. The minimum atomic E-state index is 0.214. The van der Waals surface area contributed by atoms with Gasteiger partial charge in [0, 0.05) is 74.7 Å². The van der Waals surface area contributed by atoms with E-state index in [0.29, 0.717) is 12.8 Å². The Bertz CT molecular complexity index is 1240. The first kappa shape index (κ1) is 20.1. The van der Waals surface area contributed by atoms with E-state index in [1.54, 1.807) is 0 Å². The topological polar surface area (TPSA) is 57.2 Å². The first-order valence-electron chi connectivity index (χ1n) is 10.7. The van der Waals surface area contributed by atoms with Crippen molar-refractivity contribution in [3.63, 3.8) is 0 Å². The molecule has 160 valence electrons. The van der Waals surface area contributed by atoms with E-state index < -0.39 is 0 Å². The number of nitrogens with zero attached hydrogens (tertiary/aromatic N) is 4. The van der Waals surface area contributed by atoms with E-state index in [9.17, 15) is 4.79 Å². The molecule has 0 aliphatic carbocycles. The third kappa shape index (κ3) is 4.05. The van der Waals surface area contributed by atoms with Gasteiger partial charge in [-0.25, -0.2) is 4.98 Å². The molecule has 0 saturated carbocycles. The first-order chi connectivity index (χ1) is 15.1. The number of rotatable bonds is 5. The van der Waals surface area contributed by atoms with Gasteiger partial charge in [0.25, 0.3) is 0 Å². The molecule has 6 nitrogen and oxygen atoms in total. The quantitative estimate of drug-likeness (QED) is 0.515. The maximum absolute atomic E-state index is 12.8. The molecule has 0 radical (unpaired) electrons. The average Bonchev–Trinajstić information content (AvgIpc) is 3.33. The molecule has 0 spiro atoms. The molecule has 2 aromatic heterocycles. The third-order valence-electron chi connectivity index (χ3n) is 6.29. The Balaban J connectivity index is 1.16. The van der Waals surface area contributed by atoms with Gasteiger partial charge in [-0.1, -0.05) is 23.7 Å². The summed E-state index contributed by atoms with van der Waals surface area (Å²) in [5, 5.41) is 1.93. The van der Waals surface area contributed by atoms with E-state index in [2.05, 4.69) is 31.7 Å². The van der Waals surface area contributed by atoms with Crippen LogP contribution < -0.4 is 0 Å². The van der Waals surface area contributed by atoms with Crippen molar-refractivity contribution in [3.05, 3.63) is 65.1 Å². The lowest BCUT2D eigenvalue weighted by molar-refractivity contribution is -0.133. The Labute approximate surface area is 186 Å². The van der Waals surface area contributed by atoms with E-state index in [4.69, 9.17) is 11.6 Å². The first-order valence-corrected chi connectivity index (χ1v) is 11.1. The molecule has 3 heterocycles. The summed E-state index contributed by atoms with van der Waals surface area (Å²) in [4.78, 5) is 25.2. The molecular weight excluding hydrogens is 410 g/mol. The van der Waals surface area contributed by atoms with Crippen LogP contribution in [0.5, 0.6) is 0 Å². The van der Waals surface area contributed by atoms with Crippen LogP contribution in [0.4, 0.5) is 0 Å². The Morgan fingerprint density at radius 3 is 2.74 bits per heavy atom. The summed E-state index contributed by atoms with van der Waals surface area (Å²) in [6.45, 7) is 4.16. The number of imidazole rings is 1. The molecule has 31 heavy (non-hydrogen) atoms. The maximum atomic E-state index is 12.8. The molecule has 2 aromatic carbocycles. The lowest BCUT2D eigenvalue weighted by Crippen LogP contribution is -2.48. The molecule has 0 atom stereocenters. The number of carbonyl (C=O) groups is 1. The second-order valence-electron chi connectivity index (χ2n) is 8.24. The molecule has 1 N–H and O–H groups in total. The SMILES string of the molecule is Cn1c(CCC(=O)N2CCN(Cc3c[nH]c4ccc(Cl)cc34)CC2)nc2ccccc21. The zero-order chi connectivity index (χ0) is 21.4. The van der Waals surface area contributed by atoms with Crippen LogP contribution in [-0.2, 0) is 24.8 Å². The number of hydrogen-bond acceptors (Lipinski definition) is 3. The molecule has 1 aliphatic heterocycles. The molecular formula is C24H26ClN5O. The van der Waals surface area contributed by atoms with Gasteiger partial charge in [-0.05, 0) is 35.9 Å². The minimum Gasteiger partial charge on any atom is -0.361 e. The number of amides is 1. The number of aromatic amines is 1. The number of fused-ring (bicyclic) bond motifs is 2. The number of aromatic nitrogens is 3. The number of nitrogens with one attached hydrogen (secondary N) is 1. The Morgan fingerprint density at radius 2 is 1.94 bits per heavy atom. The number of halogens is 1. The van der Waals surface area contributed by atoms with Crippen LogP contribution >= 0.6 is 11.6 Å². The standard InChI is InChI=1S/C24H26ClN5O/c1-28-22-5-3-2-4-21(22)27-23(28)8-9-24(31)30-12-10-29(11-13-30)16-17-15-26-20-7-6-18(25)14-19(17)20/h2-7,14-15,26H,8-13,16H2,1H3. The van der Waals surface area contributed by atoms with Gasteiger partial charge in [-0.3, -0.25) is 9.69 Å². The molecule has 1 fully saturated rings. The monoisotopic (exact) mass is 435 g/mol. The number of para-hydroxylation sites is 2. The number of carbonyl (C=O) groups excluding carboxylic acids is 1. The van der Waals surface area contributed by atoms with Crippen molar-refractivity contribution in [2.24, 2.45) is 7.05 Å². The predicted octanol–water partition coefficient (Wildman–Crippen LogP) is 3.99. The Kier molecular flexibility index (Phi) is 5.42.